The van der Waals surface area contributed by atoms with Gasteiger partial charge in [0.2, 0.25) is 0 Å². The fraction of sp³-hybridized carbons (Fsp3) is 0.467. The van der Waals surface area contributed by atoms with Gasteiger partial charge in [0.05, 0.1) is 24.6 Å². The van der Waals surface area contributed by atoms with Gasteiger partial charge in [-0.3, -0.25) is 4.79 Å². The fourth-order valence-electron chi connectivity index (χ4n) is 2.71. The molecule has 24 heavy (non-hydrogen) atoms. The molecule has 1 aromatic carbocycles. The highest BCUT2D eigenvalue weighted by Crippen LogP contribution is 2.38. The lowest BCUT2D eigenvalue weighted by atomic mass is 9.96. The number of hydrogen-bond donors (Lipinski definition) is 2. The van der Waals surface area contributed by atoms with Crippen LogP contribution in [0.3, 0.4) is 0 Å². The molecule has 1 heterocycles. The zero-order valence-corrected chi connectivity index (χ0v) is 13.1. The van der Waals surface area contributed by atoms with Crippen molar-refractivity contribution in [2.75, 3.05) is 25.5 Å². The van der Waals surface area contributed by atoms with E-state index in [0.717, 1.165) is 4.90 Å². The molecule has 1 fully saturated rings. The highest BCUT2D eigenvalue weighted by molar-refractivity contribution is 5.92. The molecule has 0 radical (unpaired) electrons. The number of alkyl halides is 3. The highest BCUT2D eigenvalue weighted by atomic mass is 19.4. The van der Waals surface area contributed by atoms with Crippen LogP contribution in [0.25, 0.3) is 0 Å². The molecule has 0 bridgehead atoms. The Morgan fingerprint density at radius 2 is 2.00 bits per heavy atom. The predicted molar refractivity (Wildman–Crippen MR) is 79.0 cm³/mol. The summed E-state index contributed by atoms with van der Waals surface area (Å²) in [6, 6.07) is 4.23. The van der Waals surface area contributed by atoms with E-state index in [9.17, 15) is 22.8 Å². The zero-order chi connectivity index (χ0) is 18.1. The Labute approximate surface area is 136 Å². The normalized spacial score (nSPS) is 20.8. The van der Waals surface area contributed by atoms with Gasteiger partial charge in [-0.05, 0) is 18.6 Å². The summed E-state index contributed by atoms with van der Waals surface area (Å²) in [7, 11) is 1.40. The number of methoxy groups -OCH3 is 1. The molecule has 2 atom stereocenters. The molecule has 0 spiro atoms. The molecule has 0 aliphatic carbocycles. The van der Waals surface area contributed by atoms with Crippen LogP contribution in [0.2, 0.25) is 0 Å². The number of carbonyl (C=O) groups is 2. The Hall–Kier alpha value is -2.45. The van der Waals surface area contributed by atoms with Crippen LogP contribution in [0.5, 0.6) is 5.75 Å². The lowest BCUT2D eigenvalue weighted by Gasteiger charge is -2.20. The fourth-order valence-corrected chi connectivity index (χ4v) is 2.71. The summed E-state index contributed by atoms with van der Waals surface area (Å²) in [5, 5.41) is 11.5. The van der Waals surface area contributed by atoms with E-state index in [2.05, 4.69) is 5.32 Å². The van der Waals surface area contributed by atoms with E-state index in [4.69, 9.17) is 9.84 Å². The summed E-state index contributed by atoms with van der Waals surface area (Å²) in [6.07, 6.45) is -4.68. The first-order valence-corrected chi connectivity index (χ1v) is 7.14. The molecule has 6 nitrogen and oxygen atoms in total. The third-order valence-electron chi connectivity index (χ3n) is 4.03. The summed E-state index contributed by atoms with van der Waals surface area (Å²) < 4.78 is 44.0. The first-order valence-electron chi connectivity index (χ1n) is 7.14. The van der Waals surface area contributed by atoms with Gasteiger partial charge in [-0.1, -0.05) is 12.1 Å². The van der Waals surface area contributed by atoms with Gasteiger partial charge in [-0.15, -0.1) is 0 Å². The minimum Gasteiger partial charge on any atom is -0.495 e. The van der Waals surface area contributed by atoms with Crippen molar-refractivity contribution in [3.63, 3.8) is 0 Å². The van der Waals surface area contributed by atoms with Gasteiger partial charge in [0, 0.05) is 13.1 Å². The largest absolute Gasteiger partial charge is 0.495 e. The van der Waals surface area contributed by atoms with Crippen molar-refractivity contribution in [1.82, 2.24) is 4.90 Å². The maximum atomic E-state index is 13.0. The van der Waals surface area contributed by atoms with E-state index >= 15 is 0 Å². The SMILES string of the molecule is COc1cccc(C)c1NC(=O)N1C[C@@H](C(F)(F)F)[C@H](C(=O)O)C1. The van der Waals surface area contributed by atoms with Gasteiger partial charge in [-0.2, -0.15) is 13.2 Å². The number of rotatable bonds is 3. The molecule has 132 valence electrons. The third kappa shape index (κ3) is 3.55. The van der Waals surface area contributed by atoms with Crippen LogP contribution >= 0.6 is 0 Å². The molecule has 0 saturated carbocycles. The Kier molecular flexibility index (Phi) is 4.91. The monoisotopic (exact) mass is 346 g/mol. The number of ether oxygens (including phenoxy) is 1. The molecular weight excluding hydrogens is 329 g/mol. The van der Waals surface area contributed by atoms with Gasteiger partial charge < -0.3 is 20.1 Å². The van der Waals surface area contributed by atoms with Crippen LogP contribution in [-0.4, -0.2) is 48.4 Å². The van der Waals surface area contributed by atoms with E-state index in [-0.39, 0.29) is 0 Å². The van der Waals surface area contributed by atoms with Crippen molar-refractivity contribution in [3.8, 4) is 5.75 Å². The minimum atomic E-state index is -4.68. The second-order valence-corrected chi connectivity index (χ2v) is 5.58. The van der Waals surface area contributed by atoms with Crippen molar-refractivity contribution in [2.45, 2.75) is 13.1 Å². The van der Waals surface area contributed by atoms with Gasteiger partial charge in [-0.25, -0.2) is 4.79 Å². The molecule has 1 aliphatic heterocycles. The molecule has 1 aromatic rings. The predicted octanol–water partition coefficient (Wildman–Crippen LogP) is 2.73. The quantitative estimate of drug-likeness (QED) is 0.882. The number of benzene rings is 1. The summed E-state index contributed by atoms with van der Waals surface area (Å²) >= 11 is 0. The number of nitrogens with zero attached hydrogens (tertiary/aromatic N) is 1. The van der Waals surface area contributed by atoms with Crippen LogP contribution in [0.15, 0.2) is 18.2 Å². The average molecular weight is 346 g/mol. The number of nitrogens with one attached hydrogen (secondary N) is 1. The number of likely N-dealkylation sites (tertiary alicyclic amines) is 1. The smallest absolute Gasteiger partial charge is 0.394 e. The third-order valence-corrected chi connectivity index (χ3v) is 4.03. The molecule has 9 heteroatoms. The number of para-hydroxylation sites is 1. The zero-order valence-electron chi connectivity index (χ0n) is 13.1. The second kappa shape index (κ2) is 6.58. The first kappa shape index (κ1) is 17.9. The Morgan fingerprint density at radius 3 is 2.50 bits per heavy atom. The molecular formula is C15H17F3N2O4. The van der Waals surface area contributed by atoms with Crippen molar-refractivity contribution in [2.24, 2.45) is 11.8 Å². The van der Waals surface area contributed by atoms with Crippen LogP contribution in [0, 0.1) is 18.8 Å². The van der Waals surface area contributed by atoms with Crippen LogP contribution in [0.4, 0.5) is 23.7 Å². The van der Waals surface area contributed by atoms with E-state index in [1.54, 1.807) is 25.1 Å². The average Bonchev–Trinajstić information content (AvgIpc) is 2.95. The summed E-state index contributed by atoms with van der Waals surface area (Å²) in [4.78, 5) is 24.2. The summed E-state index contributed by atoms with van der Waals surface area (Å²) in [5.74, 6) is -4.96. The summed E-state index contributed by atoms with van der Waals surface area (Å²) in [6.45, 7) is 0.515. The lowest BCUT2D eigenvalue weighted by molar-refractivity contribution is -0.187. The molecule has 1 aliphatic rings. The Balaban J connectivity index is 2.18. The van der Waals surface area contributed by atoms with E-state index < -0.39 is 43.1 Å². The van der Waals surface area contributed by atoms with E-state index in [1.807, 2.05) is 0 Å². The molecule has 2 rings (SSSR count). The minimum absolute atomic E-state index is 0.340. The maximum Gasteiger partial charge on any atom is 0.394 e. The van der Waals surface area contributed by atoms with E-state index in [1.165, 1.54) is 7.11 Å². The standard InChI is InChI=1S/C15H17F3N2O4/c1-8-4-3-5-11(24-2)12(8)19-14(23)20-6-9(13(21)22)10(7-20)15(16,17)18/h3-5,9-10H,6-7H2,1-2H3,(H,19,23)(H,21,22)/t9-,10-/m1/s1. The molecule has 0 aromatic heterocycles. The van der Waals surface area contributed by atoms with Gasteiger partial charge >= 0.3 is 18.2 Å². The first-order chi connectivity index (χ1) is 11.1. The molecule has 1 saturated heterocycles. The number of carbonyl (C=O) groups excluding carboxylic acids is 1. The van der Waals surface area contributed by atoms with Crippen LogP contribution < -0.4 is 10.1 Å². The Bertz CT molecular complexity index is 648. The molecule has 0 unspecified atom stereocenters. The van der Waals surface area contributed by atoms with Gasteiger partial charge in [0.15, 0.2) is 0 Å². The second-order valence-electron chi connectivity index (χ2n) is 5.58. The van der Waals surface area contributed by atoms with E-state index in [0.29, 0.717) is 17.0 Å². The van der Waals surface area contributed by atoms with Crippen LogP contribution in [0.1, 0.15) is 5.56 Å². The number of aliphatic carboxylic acids is 1. The highest BCUT2D eigenvalue weighted by Gasteiger charge is 2.53. The number of halogens is 3. The van der Waals surface area contributed by atoms with Crippen molar-refractivity contribution in [3.05, 3.63) is 23.8 Å². The van der Waals surface area contributed by atoms with Gasteiger partial charge in [0.1, 0.15) is 5.75 Å². The van der Waals surface area contributed by atoms with Crippen LogP contribution in [-0.2, 0) is 4.79 Å². The Morgan fingerprint density at radius 1 is 1.33 bits per heavy atom. The number of carboxylic acid groups (broad SMARTS) is 1. The lowest BCUT2D eigenvalue weighted by Crippen LogP contribution is -2.35. The van der Waals surface area contributed by atoms with Crippen molar-refractivity contribution >= 4 is 17.7 Å². The van der Waals surface area contributed by atoms with Gasteiger partial charge in [0.25, 0.3) is 0 Å². The topological polar surface area (TPSA) is 78.9 Å². The number of hydrogen-bond acceptors (Lipinski definition) is 3. The maximum absolute atomic E-state index is 13.0. The number of amides is 2. The number of anilines is 1. The summed E-state index contributed by atoms with van der Waals surface area (Å²) in [5.41, 5.74) is 1.01. The molecule has 2 amide bonds. The number of urea groups is 1. The van der Waals surface area contributed by atoms with Crippen molar-refractivity contribution < 1.29 is 32.6 Å². The number of aryl methyl sites for hydroxylation is 1. The van der Waals surface area contributed by atoms with Crippen molar-refractivity contribution in [1.29, 1.82) is 0 Å². The molecule has 2 N–H and O–H groups in total. The number of carboxylic acids is 1.